The lowest BCUT2D eigenvalue weighted by atomic mass is 10.2. The van der Waals surface area contributed by atoms with E-state index in [2.05, 4.69) is 0 Å². The van der Waals surface area contributed by atoms with Crippen LogP contribution in [0.3, 0.4) is 0 Å². The summed E-state index contributed by atoms with van der Waals surface area (Å²) < 4.78 is 46.5. The van der Waals surface area contributed by atoms with Gasteiger partial charge in [-0.05, 0) is 30.3 Å². The van der Waals surface area contributed by atoms with E-state index in [0.29, 0.717) is 5.75 Å². The second-order valence-corrected chi connectivity index (χ2v) is 5.11. The van der Waals surface area contributed by atoms with Gasteiger partial charge in [0.15, 0.2) is 0 Å². The molecule has 2 rings (SSSR count). The van der Waals surface area contributed by atoms with Crippen molar-refractivity contribution in [1.29, 1.82) is 0 Å². The van der Waals surface area contributed by atoms with Gasteiger partial charge in [0.1, 0.15) is 11.5 Å². The van der Waals surface area contributed by atoms with E-state index in [9.17, 15) is 18.0 Å². The summed E-state index contributed by atoms with van der Waals surface area (Å²) in [6.45, 7) is 0. The van der Waals surface area contributed by atoms with Crippen LogP contribution in [-0.4, -0.2) is 19.3 Å². The Morgan fingerprint density at radius 1 is 1.29 bits per heavy atom. The van der Waals surface area contributed by atoms with Gasteiger partial charge >= 0.3 is 12.1 Å². The highest BCUT2D eigenvalue weighted by Crippen LogP contribution is 2.31. The molecule has 0 spiro atoms. The van der Waals surface area contributed by atoms with Gasteiger partial charge in [0.25, 0.3) is 0 Å². The molecule has 0 amide bonds. The highest BCUT2D eigenvalue weighted by Gasteiger charge is 2.34. The number of hydrogen-bond acceptors (Lipinski definition) is 4. The minimum atomic E-state index is -4.43. The van der Waals surface area contributed by atoms with E-state index < -0.39 is 18.6 Å². The molecule has 0 atom stereocenters. The zero-order valence-electron chi connectivity index (χ0n) is 10.9. The topological polar surface area (TPSA) is 35.5 Å². The van der Waals surface area contributed by atoms with Crippen molar-refractivity contribution >= 4 is 17.7 Å². The average molecular weight is 316 g/mol. The van der Waals surface area contributed by atoms with E-state index in [0.717, 1.165) is 11.0 Å². The lowest BCUT2D eigenvalue weighted by Gasteiger charge is -2.03. The van der Waals surface area contributed by atoms with Crippen molar-refractivity contribution in [1.82, 2.24) is 0 Å². The highest BCUT2D eigenvalue weighted by atomic mass is 32.2. The Bertz CT molecular complexity index is 588. The van der Waals surface area contributed by atoms with Gasteiger partial charge in [0.2, 0.25) is 0 Å². The van der Waals surface area contributed by atoms with Gasteiger partial charge in [-0.25, -0.2) is 4.79 Å². The number of cyclic esters (lactones) is 1. The van der Waals surface area contributed by atoms with Crippen LogP contribution in [0.25, 0.3) is 0 Å². The van der Waals surface area contributed by atoms with Crippen molar-refractivity contribution in [3.63, 3.8) is 0 Å². The van der Waals surface area contributed by atoms with Crippen LogP contribution in [0.1, 0.15) is 6.42 Å². The third-order valence-corrected chi connectivity index (χ3v) is 3.45. The summed E-state index contributed by atoms with van der Waals surface area (Å²) in [5.41, 5.74) is -0.385. The van der Waals surface area contributed by atoms with Crippen LogP contribution in [0.2, 0.25) is 0 Å². The van der Waals surface area contributed by atoms with Crippen molar-refractivity contribution in [3.05, 3.63) is 47.1 Å². The van der Waals surface area contributed by atoms with Crippen molar-refractivity contribution in [2.45, 2.75) is 17.5 Å². The molecule has 7 heteroatoms. The van der Waals surface area contributed by atoms with Gasteiger partial charge in [-0.15, -0.1) is 0 Å². The number of halogens is 3. The third-order valence-electron chi connectivity index (χ3n) is 2.55. The van der Waals surface area contributed by atoms with Gasteiger partial charge in [0, 0.05) is 10.3 Å². The molecule has 1 aromatic rings. The van der Waals surface area contributed by atoms with Crippen LogP contribution in [0.15, 0.2) is 52.0 Å². The van der Waals surface area contributed by atoms with Gasteiger partial charge in [-0.1, -0.05) is 11.8 Å². The smallest absolute Gasteiger partial charge is 0.393 e. The first kappa shape index (κ1) is 15.5. The van der Waals surface area contributed by atoms with Crippen molar-refractivity contribution in [3.8, 4) is 5.75 Å². The van der Waals surface area contributed by atoms with Crippen LogP contribution in [-0.2, 0) is 9.53 Å². The number of thioether (sulfide) groups is 1. The maximum atomic E-state index is 12.2. The summed E-state index contributed by atoms with van der Waals surface area (Å²) in [5, 5.41) is 1.49. The molecule has 1 aromatic carbocycles. The molecule has 1 aliphatic rings. The van der Waals surface area contributed by atoms with Crippen molar-refractivity contribution < 1.29 is 27.4 Å². The Hall–Kier alpha value is -1.89. The molecule has 0 N–H and O–H groups in total. The maximum absolute atomic E-state index is 12.2. The Morgan fingerprint density at radius 2 is 1.95 bits per heavy atom. The molecule has 0 fully saturated rings. The molecule has 0 saturated heterocycles. The Morgan fingerprint density at radius 3 is 2.52 bits per heavy atom. The predicted molar refractivity (Wildman–Crippen MR) is 71.8 cm³/mol. The number of alkyl halides is 3. The molecule has 0 unspecified atom stereocenters. The first-order valence-corrected chi connectivity index (χ1v) is 6.76. The largest absolute Gasteiger partial charge is 0.497 e. The second-order valence-electron chi connectivity index (χ2n) is 4.16. The van der Waals surface area contributed by atoms with E-state index in [-0.39, 0.29) is 11.3 Å². The molecular weight excluding hydrogens is 305 g/mol. The maximum Gasteiger partial charge on any atom is 0.393 e. The van der Waals surface area contributed by atoms with Crippen molar-refractivity contribution in [2.75, 3.05) is 7.11 Å². The number of esters is 1. The first-order valence-electron chi connectivity index (χ1n) is 5.88. The van der Waals surface area contributed by atoms with E-state index in [1.54, 1.807) is 31.4 Å². The zero-order valence-corrected chi connectivity index (χ0v) is 11.8. The minimum Gasteiger partial charge on any atom is -0.497 e. The summed E-state index contributed by atoms with van der Waals surface area (Å²) in [7, 11) is 1.55. The van der Waals surface area contributed by atoms with E-state index >= 15 is 0 Å². The molecule has 0 radical (unpaired) electrons. The fraction of sp³-hybridized carbons (Fsp3) is 0.214. The molecule has 112 valence electrons. The van der Waals surface area contributed by atoms with Crippen LogP contribution in [0, 0.1) is 0 Å². The molecule has 21 heavy (non-hydrogen) atoms. The summed E-state index contributed by atoms with van der Waals surface area (Å²) >= 11 is 1.24. The first-order chi connectivity index (χ1) is 9.87. The zero-order chi connectivity index (χ0) is 15.5. The number of rotatable bonds is 4. The van der Waals surface area contributed by atoms with Crippen LogP contribution >= 0.6 is 11.8 Å². The number of hydrogen-bond donors (Lipinski definition) is 0. The monoisotopic (exact) mass is 316 g/mol. The summed E-state index contributed by atoms with van der Waals surface area (Å²) in [4.78, 5) is 12.1. The lowest BCUT2D eigenvalue weighted by molar-refractivity contribution is -0.142. The Balaban J connectivity index is 2.03. The number of carbonyl (C=O) groups excluding carboxylic acids is 1. The summed E-state index contributed by atoms with van der Waals surface area (Å²) in [6.07, 6.45) is -4.59. The third kappa shape index (κ3) is 4.56. The minimum absolute atomic E-state index is 0.111. The summed E-state index contributed by atoms with van der Waals surface area (Å²) in [5.74, 6) is -0.138. The second kappa shape index (κ2) is 6.26. The number of methoxy groups -OCH3 is 1. The van der Waals surface area contributed by atoms with Gasteiger partial charge in [0.05, 0.1) is 19.1 Å². The lowest BCUT2D eigenvalue weighted by Crippen LogP contribution is -2.12. The molecule has 0 aromatic heterocycles. The normalized spacial score (nSPS) is 16.9. The molecule has 0 aliphatic carbocycles. The molecule has 0 bridgehead atoms. The quantitative estimate of drug-likeness (QED) is 0.620. The molecule has 0 saturated carbocycles. The van der Waals surface area contributed by atoms with E-state index in [1.807, 2.05) is 0 Å². The number of benzene rings is 1. The predicted octanol–water partition coefficient (Wildman–Crippen LogP) is 4.06. The molecule has 3 nitrogen and oxygen atoms in total. The molecular formula is C14H11F3O3S. The fourth-order valence-electron chi connectivity index (χ4n) is 1.61. The average Bonchev–Trinajstić information content (AvgIpc) is 2.75. The van der Waals surface area contributed by atoms with Crippen LogP contribution < -0.4 is 4.74 Å². The molecule has 1 aliphatic heterocycles. The van der Waals surface area contributed by atoms with E-state index in [1.165, 1.54) is 17.2 Å². The van der Waals surface area contributed by atoms with Gasteiger partial charge < -0.3 is 9.47 Å². The SMILES string of the molecule is COc1ccc(S/C=C2\C=C(CC(F)(F)F)C(=O)O2)cc1. The van der Waals surface area contributed by atoms with Crippen LogP contribution in [0.4, 0.5) is 13.2 Å². The van der Waals surface area contributed by atoms with Crippen LogP contribution in [0.5, 0.6) is 5.75 Å². The van der Waals surface area contributed by atoms with E-state index in [4.69, 9.17) is 9.47 Å². The Labute approximate surface area is 123 Å². The number of carbonyl (C=O) groups is 1. The van der Waals surface area contributed by atoms with Crippen molar-refractivity contribution in [2.24, 2.45) is 0 Å². The Kier molecular flexibility index (Phi) is 4.62. The van der Waals surface area contributed by atoms with Gasteiger partial charge in [-0.2, -0.15) is 13.2 Å². The molecule has 1 heterocycles. The highest BCUT2D eigenvalue weighted by molar-refractivity contribution is 8.02. The summed E-state index contributed by atoms with van der Waals surface area (Å²) in [6, 6.07) is 7.09. The number of ether oxygens (including phenoxy) is 2. The van der Waals surface area contributed by atoms with Gasteiger partial charge in [-0.3, -0.25) is 0 Å². The fourth-order valence-corrected chi connectivity index (χ4v) is 2.27. The standard InChI is InChI=1S/C14H11F3O3S/c1-19-10-2-4-12(5-3-10)21-8-11-6-9(13(18)20-11)7-14(15,16)17/h2-6,8H,7H2,1H3/b11-8+. The number of allylic oxidation sites excluding steroid dienone is 1.